The fourth-order valence-electron chi connectivity index (χ4n) is 6.43. The summed E-state index contributed by atoms with van der Waals surface area (Å²) in [5, 5.41) is 2.50. The van der Waals surface area contributed by atoms with Crippen LogP contribution in [0.4, 0.5) is 13.6 Å². The number of nitrogens with zero attached hydrogens (tertiary/aromatic N) is 3. The molecular weight excluding hydrogens is 735 g/mol. The van der Waals surface area contributed by atoms with Crippen molar-refractivity contribution in [3.8, 4) is 5.75 Å². The van der Waals surface area contributed by atoms with Gasteiger partial charge >= 0.3 is 6.16 Å². The van der Waals surface area contributed by atoms with Crippen LogP contribution in [0.2, 0.25) is 0 Å². The molecule has 3 unspecified atom stereocenters. The first-order chi connectivity index (χ1) is 27.0. The van der Waals surface area contributed by atoms with Gasteiger partial charge in [-0.1, -0.05) is 92.6 Å². The predicted octanol–water partition coefficient (Wildman–Crippen LogP) is 9.68. The SMILES string of the molecule is CC.CC(C)CCCCCCCOC(=O)Oc1c2n(cc(C(=O)NCc3ccc(F)cc3F)c1=O)C1(C)CN(C2=O)C(C)CCC1C.CC1CC1.CN=C(C)OC. The number of fused-ring (bicyclic) bond motifs is 4. The van der Waals surface area contributed by atoms with Gasteiger partial charge in [0.2, 0.25) is 11.2 Å². The van der Waals surface area contributed by atoms with Gasteiger partial charge in [0.15, 0.2) is 11.6 Å². The molecule has 2 amide bonds. The Balaban J connectivity index is 0.000000810. The highest BCUT2D eigenvalue weighted by atomic mass is 19.1. The zero-order chi connectivity index (χ0) is 42.9. The van der Waals surface area contributed by atoms with Crippen molar-refractivity contribution >= 4 is 23.9 Å². The van der Waals surface area contributed by atoms with E-state index in [0.717, 1.165) is 56.4 Å². The Kier molecular flexibility index (Phi) is 20.4. The van der Waals surface area contributed by atoms with Crippen LogP contribution in [-0.2, 0) is 21.6 Å². The van der Waals surface area contributed by atoms with Gasteiger partial charge in [-0.25, -0.2) is 13.6 Å². The number of rotatable bonds is 12. The molecule has 11 nitrogen and oxygen atoms in total. The number of halogens is 2. The number of amides is 2. The Morgan fingerprint density at radius 2 is 1.63 bits per heavy atom. The third kappa shape index (κ3) is 14.6. The quantitative estimate of drug-likeness (QED) is 0.0980. The van der Waals surface area contributed by atoms with E-state index in [1.54, 1.807) is 30.5 Å². The van der Waals surface area contributed by atoms with Gasteiger partial charge in [0, 0.05) is 50.9 Å². The van der Waals surface area contributed by atoms with Gasteiger partial charge in [0.25, 0.3) is 11.8 Å². The first kappa shape index (κ1) is 48.9. The number of aliphatic imine (C=N–C) groups is 1. The molecule has 1 saturated carbocycles. The first-order valence-corrected chi connectivity index (χ1v) is 20.7. The summed E-state index contributed by atoms with van der Waals surface area (Å²) in [7, 11) is 3.29. The molecule has 57 heavy (non-hydrogen) atoms. The van der Waals surface area contributed by atoms with Crippen molar-refractivity contribution in [3.05, 3.63) is 63.1 Å². The van der Waals surface area contributed by atoms with Crippen molar-refractivity contribution in [1.82, 2.24) is 14.8 Å². The third-order valence-corrected chi connectivity index (χ3v) is 10.8. The molecule has 2 bridgehead atoms. The van der Waals surface area contributed by atoms with E-state index in [1.807, 2.05) is 34.6 Å². The highest BCUT2D eigenvalue weighted by Crippen LogP contribution is 2.42. The van der Waals surface area contributed by atoms with Gasteiger partial charge in [-0.3, -0.25) is 19.4 Å². The number of nitrogens with one attached hydrogen (secondary N) is 1. The standard InChI is InChI=1S/C34H45F2N3O6.C4H9NO.C4H8.C2H6/c1-21(2)11-9-7-6-8-10-16-44-33(43)45-30-28-32(42)38-20-34(5,22(3)12-13-23(38)4)39(28)19-26(29(30)40)31(41)37-18-24-14-15-25(35)17-27(24)36;1-4(5-2)6-3;1-4-2-3-4;1-2/h14-15,17,19,21-23H,6-13,16,18,20H2,1-5H3,(H,37,41);1-3H3;4H,2-3H2,1H3;1-2H3. The van der Waals surface area contributed by atoms with E-state index in [4.69, 9.17) is 9.47 Å². The van der Waals surface area contributed by atoms with Gasteiger partial charge in [-0.05, 0) is 56.9 Å². The summed E-state index contributed by atoms with van der Waals surface area (Å²) in [5.74, 6) is -1.01. The monoisotopic (exact) mass is 803 g/mol. The van der Waals surface area contributed by atoms with Crippen molar-refractivity contribution in [3.63, 3.8) is 0 Å². The molecule has 2 fully saturated rings. The molecule has 320 valence electrons. The molecule has 0 radical (unpaired) electrons. The van der Waals surface area contributed by atoms with Crippen LogP contribution in [0, 0.1) is 29.4 Å². The second kappa shape index (κ2) is 23.8. The molecule has 1 aromatic heterocycles. The normalized spacial score (nSPS) is 19.6. The Bertz CT molecular complexity index is 1710. The van der Waals surface area contributed by atoms with Crippen molar-refractivity contribution in [2.75, 3.05) is 27.3 Å². The molecule has 3 atom stereocenters. The molecule has 1 aromatic carbocycles. The number of carbonyl (C=O) groups excluding carboxylic acids is 3. The molecule has 3 aliphatic rings. The number of hydrogen-bond donors (Lipinski definition) is 1. The molecule has 13 heteroatoms. The third-order valence-electron chi connectivity index (χ3n) is 10.8. The summed E-state index contributed by atoms with van der Waals surface area (Å²) < 4.78 is 44.6. The number of methoxy groups -OCH3 is 1. The van der Waals surface area contributed by atoms with Crippen LogP contribution in [0.25, 0.3) is 0 Å². The van der Waals surface area contributed by atoms with Gasteiger partial charge in [-0.2, -0.15) is 0 Å². The topological polar surface area (TPSA) is 129 Å². The second-order valence-corrected chi connectivity index (χ2v) is 15.7. The maximum atomic E-state index is 14.2. The summed E-state index contributed by atoms with van der Waals surface area (Å²) >= 11 is 0. The van der Waals surface area contributed by atoms with E-state index in [1.165, 1.54) is 31.5 Å². The number of carbonyl (C=O) groups is 3. The minimum absolute atomic E-state index is 0.0203. The molecule has 1 aliphatic carbocycles. The Morgan fingerprint density at radius 3 is 2.19 bits per heavy atom. The van der Waals surface area contributed by atoms with Gasteiger partial charge in [0.1, 0.15) is 17.2 Å². The van der Waals surface area contributed by atoms with Gasteiger partial charge in [-0.15, -0.1) is 0 Å². The maximum Gasteiger partial charge on any atom is 0.514 e. The highest BCUT2D eigenvalue weighted by Gasteiger charge is 2.48. The summed E-state index contributed by atoms with van der Waals surface area (Å²) in [4.78, 5) is 59.2. The average molecular weight is 803 g/mol. The fraction of sp³-hybridized carbons (Fsp3) is 0.659. The van der Waals surface area contributed by atoms with Crippen LogP contribution < -0.4 is 15.5 Å². The summed E-state index contributed by atoms with van der Waals surface area (Å²) in [6.07, 6.45) is 10.6. The molecule has 1 N–H and O–H groups in total. The minimum atomic E-state index is -1.14. The zero-order valence-electron chi connectivity index (χ0n) is 36.3. The lowest BCUT2D eigenvalue weighted by molar-refractivity contribution is 0.0447. The van der Waals surface area contributed by atoms with E-state index in [9.17, 15) is 28.0 Å². The van der Waals surface area contributed by atoms with Crippen LogP contribution in [0.5, 0.6) is 5.75 Å². The van der Waals surface area contributed by atoms with Crippen molar-refractivity contribution in [1.29, 1.82) is 0 Å². The lowest BCUT2D eigenvalue weighted by Crippen LogP contribution is -2.56. The number of ether oxygens (including phenoxy) is 3. The number of aromatic nitrogens is 1. The van der Waals surface area contributed by atoms with Gasteiger partial charge < -0.3 is 29.0 Å². The van der Waals surface area contributed by atoms with Crippen molar-refractivity contribution < 1.29 is 37.4 Å². The number of pyridine rings is 1. The minimum Gasteiger partial charge on any atom is -0.485 e. The van der Waals surface area contributed by atoms with Crippen molar-refractivity contribution in [2.24, 2.45) is 22.7 Å². The number of unbranched alkanes of at least 4 members (excludes halogenated alkanes) is 4. The summed E-state index contributed by atoms with van der Waals surface area (Å²) in [6.45, 7) is 18.5. The van der Waals surface area contributed by atoms with E-state index in [-0.39, 0.29) is 41.9 Å². The van der Waals surface area contributed by atoms with E-state index in [2.05, 4.69) is 35.8 Å². The Hall–Kier alpha value is -4.29. The summed E-state index contributed by atoms with van der Waals surface area (Å²) in [6, 6.07) is 2.85. The molecule has 0 spiro atoms. The summed E-state index contributed by atoms with van der Waals surface area (Å²) in [5.41, 5.74) is -2.16. The molecule has 5 rings (SSSR count). The maximum absolute atomic E-state index is 14.2. The van der Waals surface area contributed by atoms with Crippen LogP contribution in [0.15, 0.2) is 34.2 Å². The van der Waals surface area contributed by atoms with E-state index < -0.39 is 46.3 Å². The molecule has 3 heterocycles. The smallest absolute Gasteiger partial charge is 0.485 e. The van der Waals surface area contributed by atoms with Crippen LogP contribution in [-0.4, -0.2) is 66.7 Å². The Labute approximate surface area is 338 Å². The van der Waals surface area contributed by atoms with Crippen LogP contribution >= 0.6 is 0 Å². The predicted molar refractivity (Wildman–Crippen MR) is 221 cm³/mol. The second-order valence-electron chi connectivity index (χ2n) is 15.7. The van der Waals surface area contributed by atoms with Gasteiger partial charge in [0.05, 0.1) is 19.3 Å². The lowest BCUT2D eigenvalue weighted by atomic mass is 9.82. The zero-order valence-corrected chi connectivity index (χ0v) is 36.3. The van der Waals surface area contributed by atoms with Crippen LogP contribution in [0.3, 0.4) is 0 Å². The van der Waals surface area contributed by atoms with Crippen molar-refractivity contribution in [2.45, 2.75) is 145 Å². The molecular formula is C44H68F2N4O7. The molecule has 2 aromatic rings. The average Bonchev–Trinajstić information content (AvgIpc) is 3.99. The largest absolute Gasteiger partial charge is 0.514 e. The number of hydrogen-bond acceptors (Lipinski definition) is 8. The molecule has 1 saturated heterocycles. The highest BCUT2D eigenvalue weighted by molar-refractivity contribution is 6.00. The number of benzene rings is 1. The van der Waals surface area contributed by atoms with E-state index >= 15 is 0 Å². The van der Waals surface area contributed by atoms with E-state index in [0.29, 0.717) is 24.9 Å². The lowest BCUT2D eigenvalue weighted by Gasteiger charge is -2.46. The van der Waals surface area contributed by atoms with Crippen LogP contribution in [0.1, 0.15) is 153 Å². The first-order valence-electron chi connectivity index (χ1n) is 20.7. The fourth-order valence-corrected chi connectivity index (χ4v) is 6.43. The molecule has 2 aliphatic heterocycles. The Morgan fingerprint density at radius 1 is 1.00 bits per heavy atom.